The Morgan fingerprint density at radius 3 is 2.27 bits per heavy atom. The minimum absolute atomic E-state index is 0. The van der Waals surface area contributed by atoms with Gasteiger partial charge in [0.15, 0.2) is 0 Å². The number of methoxy groups -OCH3 is 1. The third-order valence-corrected chi connectivity index (χ3v) is 3.24. The molecule has 5 nitrogen and oxygen atoms in total. The van der Waals surface area contributed by atoms with Gasteiger partial charge in [-0.05, 0) is 33.6 Å². The zero-order chi connectivity index (χ0) is 15.9. The fourth-order valence-electron chi connectivity index (χ4n) is 2.15. The van der Waals surface area contributed by atoms with Gasteiger partial charge in [0.05, 0.1) is 18.1 Å². The molecule has 0 aromatic heterocycles. The summed E-state index contributed by atoms with van der Waals surface area (Å²) in [5.74, 6) is -0.770. The number of carbonyl (C=O) groups excluding carboxylic acids is 2. The Kier molecular flexibility index (Phi) is 10.3. The van der Waals surface area contributed by atoms with Crippen molar-refractivity contribution in [3.8, 4) is 0 Å². The Morgan fingerprint density at radius 1 is 1.18 bits per heavy atom. The van der Waals surface area contributed by atoms with Crippen LogP contribution < -0.4 is 0 Å². The summed E-state index contributed by atoms with van der Waals surface area (Å²) in [5.41, 5.74) is -0.267. The molecule has 1 aliphatic carbocycles. The number of carbonyl (C=O) groups is 2. The van der Waals surface area contributed by atoms with Gasteiger partial charge in [0, 0.05) is 43.1 Å². The average molecular weight is 321 g/mol. The first-order valence-electron chi connectivity index (χ1n) is 7.45. The second kappa shape index (κ2) is 10.4. The number of ether oxygens (including phenoxy) is 3. The Morgan fingerprint density at radius 2 is 1.77 bits per heavy atom. The van der Waals surface area contributed by atoms with Crippen molar-refractivity contribution < 1.29 is 23.8 Å². The standard InChI is InChI=1S/C16H26O5.Na/c1-16(2,3)21-15(18)13(9-10-19-4)11-20-14(17)12-7-5-6-8-12;/h11-12H,5-10H2,1-4H3;/b13-11+;. The first kappa shape index (κ1) is 21.6. The van der Waals surface area contributed by atoms with E-state index in [1.165, 1.54) is 6.26 Å². The maximum Gasteiger partial charge on any atom is 0.337 e. The van der Waals surface area contributed by atoms with Gasteiger partial charge in [0.1, 0.15) is 11.9 Å². The molecule has 1 fully saturated rings. The molecule has 6 heteroatoms. The van der Waals surface area contributed by atoms with E-state index in [9.17, 15) is 9.59 Å². The van der Waals surface area contributed by atoms with Gasteiger partial charge in [-0.2, -0.15) is 0 Å². The van der Waals surface area contributed by atoms with E-state index < -0.39 is 11.6 Å². The number of rotatable bonds is 6. The Bertz CT molecular complexity index is 392. The van der Waals surface area contributed by atoms with Gasteiger partial charge in [-0.1, -0.05) is 12.8 Å². The molecule has 0 unspecified atom stereocenters. The van der Waals surface area contributed by atoms with E-state index >= 15 is 0 Å². The second-order valence-electron chi connectivity index (χ2n) is 6.31. The molecule has 1 radical (unpaired) electrons. The van der Waals surface area contributed by atoms with Crippen molar-refractivity contribution >= 4 is 41.5 Å². The summed E-state index contributed by atoms with van der Waals surface area (Å²) >= 11 is 0. The molecular formula is C16H26NaO5. The van der Waals surface area contributed by atoms with Crippen molar-refractivity contribution in [3.63, 3.8) is 0 Å². The van der Waals surface area contributed by atoms with E-state index in [-0.39, 0.29) is 41.4 Å². The summed E-state index contributed by atoms with van der Waals surface area (Å²) in [6.07, 6.45) is 5.44. The maximum atomic E-state index is 12.1. The van der Waals surface area contributed by atoms with Crippen LogP contribution in [0.25, 0.3) is 0 Å². The van der Waals surface area contributed by atoms with Gasteiger partial charge in [-0.3, -0.25) is 4.79 Å². The van der Waals surface area contributed by atoms with Crippen LogP contribution in [0, 0.1) is 5.92 Å². The molecular weight excluding hydrogens is 295 g/mol. The predicted octanol–water partition coefficient (Wildman–Crippen LogP) is 2.60. The zero-order valence-electron chi connectivity index (χ0n) is 14.4. The zero-order valence-corrected chi connectivity index (χ0v) is 16.4. The van der Waals surface area contributed by atoms with Crippen molar-refractivity contribution in [3.05, 3.63) is 11.8 Å². The summed E-state index contributed by atoms with van der Waals surface area (Å²) in [7, 11) is 1.55. The molecule has 0 spiro atoms. The first-order valence-corrected chi connectivity index (χ1v) is 7.45. The number of hydrogen-bond donors (Lipinski definition) is 0. The molecule has 121 valence electrons. The maximum absolute atomic E-state index is 12.1. The Hall–Kier alpha value is -0.360. The summed E-state index contributed by atoms with van der Waals surface area (Å²) in [6.45, 7) is 5.75. The van der Waals surface area contributed by atoms with Crippen LogP contribution in [0.15, 0.2) is 11.8 Å². The van der Waals surface area contributed by atoms with Gasteiger partial charge in [-0.15, -0.1) is 0 Å². The van der Waals surface area contributed by atoms with Crippen LogP contribution in [0.4, 0.5) is 0 Å². The van der Waals surface area contributed by atoms with E-state index in [4.69, 9.17) is 14.2 Å². The summed E-state index contributed by atoms with van der Waals surface area (Å²) in [5, 5.41) is 0. The summed E-state index contributed by atoms with van der Waals surface area (Å²) < 4.78 is 15.4. The predicted molar refractivity (Wildman–Crippen MR) is 84.2 cm³/mol. The van der Waals surface area contributed by atoms with Gasteiger partial charge in [0.2, 0.25) is 0 Å². The molecule has 0 bridgehead atoms. The third kappa shape index (κ3) is 8.32. The van der Waals surface area contributed by atoms with Gasteiger partial charge >= 0.3 is 11.9 Å². The minimum Gasteiger partial charge on any atom is -0.457 e. The fourth-order valence-corrected chi connectivity index (χ4v) is 2.15. The van der Waals surface area contributed by atoms with E-state index in [0.29, 0.717) is 18.6 Å². The number of esters is 2. The Labute approximate surface area is 155 Å². The Balaban J connectivity index is 0.00000441. The average Bonchev–Trinajstić information content (AvgIpc) is 2.90. The largest absolute Gasteiger partial charge is 0.457 e. The molecule has 22 heavy (non-hydrogen) atoms. The van der Waals surface area contributed by atoms with Crippen LogP contribution in [-0.2, 0) is 23.8 Å². The van der Waals surface area contributed by atoms with Crippen LogP contribution in [0.1, 0.15) is 52.9 Å². The van der Waals surface area contributed by atoms with E-state index in [0.717, 1.165) is 25.7 Å². The van der Waals surface area contributed by atoms with Crippen molar-refractivity contribution in [2.24, 2.45) is 5.92 Å². The SMILES string of the molecule is COCC/C(=C\OC(=O)C1CCCC1)C(=O)OC(C)(C)C.[Na]. The van der Waals surface area contributed by atoms with Crippen LogP contribution in [0.5, 0.6) is 0 Å². The van der Waals surface area contributed by atoms with Crippen molar-refractivity contribution in [1.29, 1.82) is 0 Å². The molecule has 1 aliphatic rings. The molecule has 0 atom stereocenters. The molecule has 0 saturated heterocycles. The van der Waals surface area contributed by atoms with Crippen LogP contribution >= 0.6 is 0 Å². The first-order chi connectivity index (χ1) is 9.83. The molecule has 0 amide bonds. The molecule has 0 aliphatic heterocycles. The van der Waals surface area contributed by atoms with Gasteiger partial charge in [-0.25, -0.2) is 4.79 Å². The number of hydrogen-bond acceptors (Lipinski definition) is 5. The normalized spacial score (nSPS) is 16.1. The molecule has 0 N–H and O–H groups in total. The van der Waals surface area contributed by atoms with Crippen LogP contribution in [0.3, 0.4) is 0 Å². The monoisotopic (exact) mass is 321 g/mol. The smallest absolute Gasteiger partial charge is 0.337 e. The van der Waals surface area contributed by atoms with Crippen molar-refractivity contribution in [1.82, 2.24) is 0 Å². The van der Waals surface area contributed by atoms with E-state index in [1.54, 1.807) is 27.9 Å². The fraction of sp³-hybridized carbons (Fsp3) is 0.750. The van der Waals surface area contributed by atoms with Gasteiger partial charge in [0.25, 0.3) is 0 Å². The van der Waals surface area contributed by atoms with E-state index in [1.807, 2.05) is 0 Å². The van der Waals surface area contributed by atoms with Crippen LogP contribution in [-0.4, -0.2) is 60.8 Å². The van der Waals surface area contributed by atoms with Crippen LogP contribution in [0.2, 0.25) is 0 Å². The van der Waals surface area contributed by atoms with Crippen molar-refractivity contribution in [2.75, 3.05) is 13.7 Å². The second-order valence-corrected chi connectivity index (χ2v) is 6.31. The van der Waals surface area contributed by atoms with Gasteiger partial charge < -0.3 is 14.2 Å². The summed E-state index contributed by atoms with van der Waals surface area (Å²) in [6, 6.07) is 0. The van der Waals surface area contributed by atoms with E-state index in [2.05, 4.69) is 0 Å². The quantitative estimate of drug-likeness (QED) is 0.326. The molecule has 0 heterocycles. The topological polar surface area (TPSA) is 61.8 Å². The molecule has 1 saturated carbocycles. The third-order valence-electron chi connectivity index (χ3n) is 3.24. The summed E-state index contributed by atoms with van der Waals surface area (Å²) in [4.78, 5) is 23.9. The molecule has 0 aromatic carbocycles. The molecule has 1 rings (SSSR count). The molecule has 0 aromatic rings. The van der Waals surface area contributed by atoms with Crippen molar-refractivity contribution in [2.45, 2.75) is 58.5 Å². The minimum atomic E-state index is -0.585.